The van der Waals surface area contributed by atoms with Crippen molar-refractivity contribution >= 4 is 5.82 Å². The van der Waals surface area contributed by atoms with Crippen molar-refractivity contribution in [3.05, 3.63) is 47.9 Å². The summed E-state index contributed by atoms with van der Waals surface area (Å²) in [5.41, 5.74) is 3.67. The minimum atomic E-state index is -0.583. The van der Waals surface area contributed by atoms with Gasteiger partial charge in [-0.3, -0.25) is 0 Å². The van der Waals surface area contributed by atoms with Crippen LogP contribution >= 0.6 is 0 Å². The third-order valence-corrected chi connectivity index (χ3v) is 5.69. The Morgan fingerprint density at radius 1 is 1.18 bits per heavy atom. The zero-order valence-electron chi connectivity index (χ0n) is 19.4. The van der Waals surface area contributed by atoms with Crippen LogP contribution in [-0.4, -0.2) is 60.6 Å². The smallest absolute Gasteiger partial charge is 0.162 e. The number of anilines is 1. The van der Waals surface area contributed by atoms with E-state index in [1.807, 2.05) is 44.2 Å². The van der Waals surface area contributed by atoms with Gasteiger partial charge in [0.05, 0.1) is 12.0 Å². The number of aromatic nitrogens is 2. The van der Waals surface area contributed by atoms with Gasteiger partial charge in [0.25, 0.3) is 0 Å². The summed E-state index contributed by atoms with van der Waals surface area (Å²) >= 11 is 0. The fourth-order valence-corrected chi connectivity index (χ4v) is 4.00. The van der Waals surface area contributed by atoms with E-state index in [-0.39, 0.29) is 6.61 Å². The molecule has 1 atom stereocenters. The van der Waals surface area contributed by atoms with Gasteiger partial charge in [-0.25, -0.2) is 9.97 Å². The third-order valence-electron chi connectivity index (χ3n) is 5.69. The Labute approximate surface area is 194 Å². The standard InChI is InChI=1S/C25H32N4O4/c1-16-14-32-17(2)24(16)22-12-23(27-19-7-9-31-10-8-19)29-25(28-22)18-5-4-6-21(11-18)33-15-20(30)13-26-3/h4-6,11-12,14,19-20,26,30H,7-10,13,15H2,1-3H3,(H,27,28,29). The predicted molar refractivity (Wildman–Crippen MR) is 128 cm³/mol. The number of furan rings is 1. The van der Waals surface area contributed by atoms with Crippen LogP contribution in [0.3, 0.4) is 0 Å². The van der Waals surface area contributed by atoms with Crippen LogP contribution in [-0.2, 0) is 4.74 Å². The molecule has 1 fully saturated rings. The van der Waals surface area contributed by atoms with Gasteiger partial charge in [-0.05, 0) is 51.4 Å². The molecule has 4 rings (SSSR count). The molecule has 3 aromatic rings. The van der Waals surface area contributed by atoms with Crippen molar-refractivity contribution in [1.29, 1.82) is 0 Å². The minimum Gasteiger partial charge on any atom is -0.491 e. The number of hydrogen-bond donors (Lipinski definition) is 3. The number of aliphatic hydroxyl groups is 1. The second kappa shape index (κ2) is 10.8. The van der Waals surface area contributed by atoms with Gasteiger partial charge in [0.15, 0.2) is 5.82 Å². The van der Waals surface area contributed by atoms with E-state index >= 15 is 0 Å². The van der Waals surface area contributed by atoms with Gasteiger partial charge in [0.2, 0.25) is 0 Å². The average Bonchev–Trinajstić information content (AvgIpc) is 3.16. The third kappa shape index (κ3) is 5.90. The zero-order valence-corrected chi connectivity index (χ0v) is 19.4. The Kier molecular flexibility index (Phi) is 7.59. The number of aliphatic hydroxyl groups excluding tert-OH is 1. The van der Waals surface area contributed by atoms with E-state index < -0.39 is 6.10 Å². The van der Waals surface area contributed by atoms with Crippen molar-refractivity contribution < 1.29 is 19.0 Å². The van der Waals surface area contributed by atoms with E-state index in [1.54, 1.807) is 13.3 Å². The number of aryl methyl sites for hydroxylation is 2. The zero-order chi connectivity index (χ0) is 23.2. The Morgan fingerprint density at radius 2 is 2.00 bits per heavy atom. The highest BCUT2D eigenvalue weighted by atomic mass is 16.5. The lowest BCUT2D eigenvalue weighted by Crippen LogP contribution is -2.29. The van der Waals surface area contributed by atoms with Crippen molar-refractivity contribution in [1.82, 2.24) is 15.3 Å². The molecule has 1 aromatic carbocycles. The Bertz CT molecular complexity index is 1040. The lowest BCUT2D eigenvalue weighted by Gasteiger charge is -2.24. The Morgan fingerprint density at radius 3 is 2.73 bits per heavy atom. The largest absolute Gasteiger partial charge is 0.491 e. The van der Waals surface area contributed by atoms with Crippen LogP contribution in [0.5, 0.6) is 5.75 Å². The lowest BCUT2D eigenvalue weighted by molar-refractivity contribution is 0.0904. The molecule has 0 amide bonds. The second-order valence-electron chi connectivity index (χ2n) is 8.39. The molecule has 0 bridgehead atoms. The molecule has 176 valence electrons. The normalized spacial score (nSPS) is 15.4. The van der Waals surface area contributed by atoms with Gasteiger partial charge in [-0.2, -0.15) is 0 Å². The summed E-state index contributed by atoms with van der Waals surface area (Å²) in [4.78, 5) is 9.70. The maximum Gasteiger partial charge on any atom is 0.162 e. The summed E-state index contributed by atoms with van der Waals surface area (Å²) in [6.45, 7) is 6.14. The molecular formula is C25H32N4O4. The van der Waals surface area contributed by atoms with E-state index in [1.165, 1.54) is 0 Å². The number of ether oxygens (including phenoxy) is 2. The highest BCUT2D eigenvalue weighted by Crippen LogP contribution is 2.31. The van der Waals surface area contributed by atoms with Gasteiger partial charge in [0.1, 0.15) is 30.0 Å². The molecule has 0 radical (unpaired) electrons. The van der Waals surface area contributed by atoms with Crippen LogP contribution in [0.2, 0.25) is 0 Å². The highest BCUT2D eigenvalue weighted by Gasteiger charge is 2.18. The van der Waals surface area contributed by atoms with Crippen molar-refractivity contribution in [2.24, 2.45) is 0 Å². The molecule has 1 saturated heterocycles. The summed E-state index contributed by atoms with van der Waals surface area (Å²) in [6.07, 6.45) is 3.05. The fraction of sp³-hybridized carbons (Fsp3) is 0.440. The van der Waals surface area contributed by atoms with E-state index in [0.717, 1.165) is 60.0 Å². The van der Waals surface area contributed by atoms with Crippen LogP contribution < -0.4 is 15.4 Å². The Hall–Kier alpha value is -2.94. The summed E-state index contributed by atoms with van der Waals surface area (Å²) in [7, 11) is 1.80. The molecule has 1 aliphatic heterocycles. The first-order valence-corrected chi connectivity index (χ1v) is 11.4. The summed E-state index contributed by atoms with van der Waals surface area (Å²) in [5, 5.41) is 16.4. The van der Waals surface area contributed by atoms with Crippen molar-refractivity contribution in [2.45, 2.75) is 38.8 Å². The minimum absolute atomic E-state index is 0.204. The average molecular weight is 453 g/mol. The monoisotopic (exact) mass is 452 g/mol. The lowest BCUT2D eigenvalue weighted by atomic mass is 10.1. The molecule has 1 unspecified atom stereocenters. The predicted octanol–water partition coefficient (Wildman–Crippen LogP) is 3.57. The van der Waals surface area contributed by atoms with Crippen LogP contribution in [0.1, 0.15) is 24.2 Å². The maximum atomic E-state index is 9.94. The number of benzene rings is 1. The number of rotatable bonds is 9. The molecule has 1 aliphatic rings. The first-order valence-electron chi connectivity index (χ1n) is 11.4. The molecule has 0 spiro atoms. The number of nitrogens with one attached hydrogen (secondary N) is 2. The van der Waals surface area contributed by atoms with Crippen molar-refractivity contribution in [3.63, 3.8) is 0 Å². The molecule has 3 N–H and O–H groups in total. The van der Waals surface area contributed by atoms with E-state index in [2.05, 4.69) is 10.6 Å². The van der Waals surface area contributed by atoms with Crippen molar-refractivity contribution in [3.8, 4) is 28.4 Å². The number of hydrogen-bond acceptors (Lipinski definition) is 8. The van der Waals surface area contributed by atoms with Crippen LogP contribution in [0.25, 0.3) is 22.6 Å². The van der Waals surface area contributed by atoms with Gasteiger partial charge in [-0.1, -0.05) is 12.1 Å². The highest BCUT2D eigenvalue weighted by molar-refractivity contribution is 5.71. The summed E-state index contributed by atoms with van der Waals surface area (Å²) < 4.78 is 16.9. The number of nitrogens with zero attached hydrogens (tertiary/aromatic N) is 2. The van der Waals surface area contributed by atoms with Gasteiger partial charge >= 0.3 is 0 Å². The second-order valence-corrected chi connectivity index (χ2v) is 8.39. The molecule has 2 aromatic heterocycles. The summed E-state index contributed by atoms with van der Waals surface area (Å²) in [5.74, 6) is 2.86. The first-order chi connectivity index (χ1) is 16.0. The maximum absolute atomic E-state index is 9.94. The van der Waals surface area contributed by atoms with Gasteiger partial charge in [0, 0.05) is 43.0 Å². The molecular weight excluding hydrogens is 420 g/mol. The van der Waals surface area contributed by atoms with Gasteiger partial charge in [-0.15, -0.1) is 0 Å². The molecule has 3 heterocycles. The van der Waals surface area contributed by atoms with Crippen molar-refractivity contribution in [2.75, 3.05) is 38.7 Å². The number of likely N-dealkylation sites (N-methyl/N-ethyl adjacent to an activating group) is 1. The molecule has 8 nitrogen and oxygen atoms in total. The van der Waals surface area contributed by atoms with E-state index in [0.29, 0.717) is 24.2 Å². The topological polar surface area (TPSA) is 102 Å². The van der Waals surface area contributed by atoms with E-state index in [9.17, 15) is 5.11 Å². The van der Waals surface area contributed by atoms with Crippen LogP contribution in [0.4, 0.5) is 5.82 Å². The fourth-order valence-electron chi connectivity index (χ4n) is 4.00. The summed E-state index contributed by atoms with van der Waals surface area (Å²) in [6, 6.07) is 9.93. The quantitative estimate of drug-likeness (QED) is 0.453. The molecule has 0 aliphatic carbocycles. The van der Waals surface area contributed by atoms with Crippen LogP contribution in [0.15, 0.2) is 41.0 Å². The van der Waals surface area contributed by atoms with Crippen LogP contribution in [0, 0.1) is 13.8 Å². The SMILES string of the molecule is CNCC(O)COc1cccc(-c2nc(NC3CCOCC3)cc(-c3c(C)coc3C)n2)c1. The molecule has 33 heavy (non-hydrogen) atoms. The molecule has 8 heteroatoms. The molecule has 0 saturated carbocycles. The Balaban J connectivity index is 1.66. The van der Waals surface area contributed by atoms with E-state index in [4.69, 9.17) is 23.9 Å². The first kappa shape index (κ1) is 23.2. The van der Waals surface area contributed by atoms with Gasteiger partial charge < -0.3 is 29.6 Å².